The molecule has 1 saturated carbocycles. The Morgan fingerprint density at radius 2 is 1.97 bits per heavy atom. The summed E-state index contributed by atoms with van der Waals surface area (Å²) in [4.78, 5) is 47.7. The quantitative estimate of drug-likeness (QED) is 0.585. The van der Waals surface area contributed by atoms with Crippen molar-refractivity contribution < 1.29 is 19.1 Å². The average Bonchev–Trinajstić information content (AvgIpc) is 3.60. The van der Waals surface area contributed by atoms with Crippen molar-refractivity contribution in [1.29, 1.82) is 0 Å². The largest absolute Gasteiger partial charge is 0.379 e. The van der Waals surface area contributed by atoms with Crippen LogP contribution in [-0.4, -0.2) is 89.0 Å². The molecule has 0 spiro atoms. The summed E-state index contributed by atoms with van der Waals surface area (Å²) in [5, 5.41) is 2.81. The molecular formula is C22H31N5O4. The van der Waals surface area contributed by atoms with Gasteiger partial charge in [-0.1, -0.05) is 0 Å². The van der Waals surface area contributed by atoms with Gasteiger partial charge in [0.1, 0.15) is 12.1 Å². The molecule has 4 amide bonds. The van der Waals surface area contributed by atoms with Crippen molar-refractivity contribution >= 4 is 17.8 Å². The molecule has 1 aliphatic carbocycles. The van der Waals surface area contributed by atoms with Gasteiger partial charge in [-0.3, -0.25) is 24.4 Å². The predicted octanol–water partition coefficient (Wildman–Crippen LogP) is 0.853. The third kappa shape index (κ3) is 5.04. The maximum absolute atomic E-state index is 13.2. The molecule has 9 nitrogen and oxygen atoms in total. The fourth-order valence-electron chi connectivity index (χ4n) is 4.34. The normalized spacial score (nSPS) is 24.4. The second-order valence-electron chi connectivity index (χ2n) is 8.78. The van der Waals surface area contributed by atoms with Gasteiger partial charge in [0.05, 0.1) is 13.2 Å². The zero-order valence-electron chi connectivity index (χ0n) is 18.1. The summed E-state index contributed by atoms with van der Waals surface area (Å²) in [7, 11) is 0. The maximum atomic E-state index is 13.2. The van der Waals surface area contributed by atoms with Gasteiger partial charge in [0, 0.05) is 45.1 Å². The average molecular weight is 430 g/mol. The first-order valence-electron chi connectivity index (χ1n) is 11.1. The number of carbonyl (C=O) groups excluding carboxylic acids is 3. The lowest BCUT2D eigenvalue weighted by Crippen LogP contribution is -2.47. The molecule has 2 aliphatic heterocycles. The molecule has 31 heavy (non-hydrogen) atoms. The number of amides is 4. The number of morpholine rings is 1. The molecule has 0 aromatic carbocycles. The van der Waals surface area contributed by atoms with Gasteiger partial charge in [0.15, 0.2) is 0 Å². The fraction of sp³-hybridized carbons (Fsp3) is 0.636. The fourth-order valence-corrected chi connectivity index (χ4v) is 4.34. The van der Waals surface area contributed by atoms with Gasteiger partial charge >= 0.3 is 6.03 Å². The number of ether oxygens (including phenoxy) is 1. The molecule has 3 heterocycles. The van der Waals surface area contributed by atoms with E-state index in [9.17, 15) is 14.4 Å². The van der Waals surface area contributed by atoms with Crippen LogP contribution in [0.1, 0.15) is 31.7 Å². The van der Waals surface area contributed by atoms with Crippen LogP contribution in [0.5, 0.6) is 0 Å². The van der Waals surface area contributed by atoms with E-state index >= 15 is 0 Å². The summed E-state index contributed by atoms with van der Waals surface area (Å²) in [6.45, 7) is 6.70. The first-order chi connectivity index (χ1) is 15.0. The molecule has 1 N–H and O–H groups in total. The monoisotopic (exact) mass is 429 g/mol. The van der Waals surface area contributed by atoms with E-state index in [0.717, 1.165) is 62.6 Å². The Kier molecular flexibility index (Phi) is 6.52. The SMILES string of the molecule is CC1(C2CC2)NC(=O)N(CC(=O)N(CCCN2CCOCC2)Cc2ccncc2)C1=O. The number of imide groups is 1. The summed E-state index contributed by atoms with van der Waals surface area (Å²) < 4.78 is 5.39. The second-order valence-corrected chi connectivity index (χ2v) is 8.78. The molecule has 3 aliphatic rings. The second kappa shape index (κ2) is 9.32. The molecule has 1 aromatic heterocycles. The van der Waals surface area contributed by atoms with Crippen LogP contribution in [0.3, 0.4) is 0 Å². The van der Waals surface area contributed by atoms with Gasteiger partial charge in [0.2, 0.25) is 5.91 Å². The summed E-state index contributed by atoms with van der Waals surface area (Å²) in [5.41, 5.74) is 0.0960. The van der Waals surface area contributed by atoms with Gasteiger partial charge < -0.3 is 15.0 Å². The smallest absolute Gasteiger partial charge is 0.325 e. The Morgan fingerprint density at radius 3 is 2.65 bits per heavy atom. The molecule has 3 fully saturated rings. The van der Waals surface area contributed by atoms with Crippen molar-refractivity contribution in [2.24, 2.45) is 5.92 Å². The van der Waals surface area contributed by atoms with Crippen molar-refractivity contribution in [2.45, 2.75) is 38.3 Å². The van der Waals surface area contributed by atoms with Crippen LogP contribution in [0.25, 0.3) is 0 Å². The van der Waals surface area contributed by atoms with Crippen LogP contribution in [-0.2, 0) is 20.9 Å². The van der Waals surface area contributed by atoms with Gasteiger partial charge in [-0.25, -0.2) is 4.79 Å². The van der Waals surface area contributed by atoms with E-state index in [-0.39, 0.29) is 24.3 Å². The van der Waals surface area contributed by atoms with E-state index < -0.39 is 11.6 Å². The summed E-state index contributed by atoms with van der Waals surface area (Å²) >= 11 is 0. The highest BCUT2D eigenvalue weighted by Gasteiger charge is 2.56. The van der Waals surface area contributed by atoms with Crippen LogP contribution in [0.4, 0.5) is 4.79 Å². The minimum atomic E-state index is -0.871. The van der Waals surface area contributed by atoms with Crippen molar-refractivity contribution in [1.82, 2.24) is 25.0 Å². The standard InChI is InChI=1S/C22H31N5O4/c1-22(18-3-4-18)20(29)27(21(30)24-22)16-19(28)26(15-17-5-7-23-8-6-17)10-2-9-25-11-13-31-14-12-25/h5-8,18H,2-4,9-16H2,1H3,(H,24,30). The van der Waals surface area contributed by atoms with Gasteiger partial charge in [-0.05, 0) is 49.8 Å². The van der Waals surface area contributed by atoms with Crippen LogP contribution < -0.4 is 5.32 Å². The van der Waals surface area contributed by atoms with E-state index in [0.29, 0.717) is 13.1 Å². The van der Waals surface area contributed by atoms with E-state index in [4.69, 9.17) is 4.74 Å². The Bertz CT molecular complexity index is 809. The van der Waals surface area contributed by atoms with E-state index in [1.165, 1.54) is 0 Å². The van der Waals surface area contributed by atoms with E-state index in [2.05, 4.69) is 15.2 Å². The lowest BCUT2D eigenvalue weighted by atomic mass is 9.96. The Hall–Kier alpha value is -2.52. The first kappa shape index (κ1) is 21.7. The third-order valence-corrected chi connectivity index (χ3v) is 6.47. The van der Waals surface area contributed by atoms with Gasteiger partial charge in [-0.15, -0.1) is 0 Å². The minimum absolute atomic E-state index is 0.172. The molecule has 9 heteroatoms. The number of pyridine rings is 1. The molecule has 4 rings (SSSR count). The predicted molar refractivity (Wildman–Crippen MR) is 113 cm³/mol. The molecule has 1 aromatic rings. The van der Waals surface area contributed by atoms with Crippen molar-refractivity contribution in [2.75, 3.05) is 45.9 Å². The zero-order chi connectivity index (χ0) is 21.8. The zero-order valence-corrected chi connectivity index (χ0v) is 18.1. The number of hydrogen-bond donors (Lipinski definition) is 1. The number of hydrogen-bond acceptors (Lipinski definition) is 6. The number of carbonyl (C=O) groups is 3. The van der Waals surface area contributed by atoms with Gasteiger partial charge in [-0.2, -0.15) is 0 Å². The molecule has 168 valence electrons. The highest BCUT2D eigenvalue weighted by atomic mass is 16.5. The topological polar surface area (TPSA) is 95.1 Å². The number of aromatic nitrogens is 1. The van der Waals surface area contributed by atoms with E-state index in [1.807, 2.05) is 12.1 Å². The number of nitrogens with zero attached hydrogens (tertiary/aromatic N) is 4. The number of rotatable bonds is 9. The molecular weight excluding hydrogens is 398 g/mol. The van der Waals surface area contributed by atoms with Crippen molar-refractivity contribution in [3.05, 3.63) is 30.1 Å². The highest BCUT2D eigenvalue weighted by molar-refractivity contribution is 6.09. The van der Waals surface area contributed by atoms with Crippen LogP contribution in [0.2, 0.25) is 0 Å². The Balaban J connectivity index is 1.39. The summed E-state index contributed by atoms with van der Waals surface area (Å²) in [6, 6.07) is 3.28. The van der Waals surface area contributed by atoms with Crippen molar-refractivity contribution in [3.63, 3.8) is 0 Å². The molecule has 0 bridgehead atoms. The van der Waals surface area contributed by atoms with Crippen LogP contribution in [0.15, 0.2) is 24.5 Å². The summed E-state index contributed by atoms with van der Waals surface area (Å²) in [5.74, 6) is -0.335. The summed E-state index contributed by atoms with van der Waals surface area (Å²) in [6.07, 6.45) is 6.07. The third-order valence-electron chi connectivity index (χ3n) is 6.47. The van der Waals surface area contributed by atoms with Crippen molar-refractivity contribution in [3.8, 4) is 0 Å². The molecule has 0 radical (unpaired) electrons. The lowest BCUT2D eigenvalue weighted by molar-refractivity contribution is -0.139. The number of urea groups is 1. The van der Waals surface area contributed by atoms with E-state index in [1.54, 1.807) is 24.2 Å². The first-order valence-corrected chi connectivity index (χ1v) is 11.1. The molecule has 1 atom stereocenters. The Labute approximate surface area is 182 Å². The van der Waals surface area contributed by atoms with Crippen LogP contribution in [0, 0.1) is 5.92 Å². The van der Waals surface area contributed by atoms with Gasteiger partial charge in [0.25, 0.3) is 5.91 Å². The minimum Gasteiger partial charge on any atom is -0.379 e. The molecule has 1 unspecified atom stereocenters. The maximum Gasteiger partial charge on any atom is 0.325 e. The lowest BCUT2D eigenvalue weighted by Gasteiger charge is -2.29. The number of nitrogens with one attached hydrogen (secondary N) is 1. The highest BCUT2D eigenvalue weighted by Crippen LogP contribution is 2.42. The molecule has 2 saturated heterocycles. The Morgan fingerprint density at radius 1 is 1.26 bits per heavy atom. The van der Waals surface area contributed by atoms with Crippen LogP contribution >= 0.6 is 0 Å².